The Hall–Kier alpha value is -1.66. The van der Waals surface area contributed by atoms with Gasteiger partial charge in [-0.05, 0) is 57.8 Å². The number of ether oxygens (including phenoxy) is 1. The molecule has 0 heterocycles. The van der Waals surface area contributed by atoms with Crippen molar-refractivity contribution in [2.24, 2.45) is 0 Å². The van der Waals surface area contributed by atoms with Crippen molar-refractivity contribution in [3.05, 3.63) is 24.3 Å². The zero-order valence-corrected chi connectivity index (χ0v) is 45.1. The first kappa shape index (κ1) is 65.3. The van der Waals surface area contributed by atoms with Crippen molar-refractivity contribution in [2.75, 3.05) is 13.2 Å². The molecule has 0 saturated heterocycles. The minimum absolute atomic E-state index is 0.00115. The van der Waals surface area contributed by atoms with E-state index in [1.54, 1.807) is 6.08 Å². The average molecular weight is 945 g/mol. The van der Waals surface area contributed by atoms with Gasteiger partial charge in [0.2, 0.25) is 5.91 Å². The SMILES string of the molecule is CCCCCCCCCCCCCCC/C=C/C(O)C(CO)NC(=O)CCCCCCC/C=C\CCCCCCCCCOC(=O)CCCCCCCCCCCCCCCCCCCCC. The number of hydrogen-bond donors (Lipinski definition) is 3. The summed E-state index contributed by atoms with van der Waals surface area (Å²) < 4.78 is 5.49. The van der Waals surface area contributed by atoms with Crippen LogP contribution in [0.15, 0.2) is 24.3 Å². The van der Waals surface area contributed by atoms with Gasteiger partial charge in [0.1, 0.15) is 0 Å². The summed E-state index contributed by atoms with van der Waals surface area (Å²) in [4.78, 5) is 24.5. The number of aliphatic hydroxyl groups is 2. The van der Waals surface area contributed by atoms with Crippen LogP contribution in [-0.4, -0.2) is 47.4 Å². The Bertz CT molecular complexity index is 1040. The first-order valence-corrected chi connectivity index (χ1v) is 30.1. The van der Waals surface area contributed by atoms with Crippen LogP contribution in [0.3, 0.4) is 0 Å². The molecular weight excluding hydrogens is 827 g/mol. The fourth-order valence-electron chi connectivity index (χ4n) is 9.34. The van der Waals surface area contributed by atoms with E-state index >= 15 is 0 Å². The molecule has 396 valence electrons. The summed E-state index contributed by atoms with van der Waals surface area (Å²) in [5.41, 5.74) is 0. The standard InChI is InChI=1S/C61H117NO5/c1-3-5-7-9-11-13-15-17-19-20-21-22-27-31-35-39-43-47-51-55-61(66)67-56-52-48-44-40-36-32-28-24-23-26-30-34-38-42-46-50-54-60(65)62-58(57-63)59(64)53-49-45-41-37-33-29-25-18-16-14-12-10-8-6-4-2/h23,26,49,53,58-59,63-64H,3-22,24-25,27-48,50-52,54-57H2,1-2H3,(H,62,65)/b26-23-,53-49+. The quantitative estimate of drug-likeness (QED) is 0.0321. The van der Waals surface area contributed by atoms with Gasteiger partial charge in [0.15, 0.2) is 0 Å². The molecule has 0 aliphatic carbocycles. The Morgan fingerprint density at radius 1 is 0.403 bits per heavy atom. The van der Waals surface area contributed by atoms with E-state index in [1.807, 2.05) is 6.08 Å². The molecule has 2 unspecified atom stereocenters. The third-order valence-corrected chi connectivity index (χ3v) is 14.0. The van der Waals surface area contributed by atoms with Gasteiger partial charge in [-0.3, -0.25) is 9.59 Å². The highest BCUT2D eigenvalue weighted by molar-refractivity contribution is 5.76. The molecule has 0 aromatic carbocycles. The molecular formula is C61H117NO5. The van der Waals surface area contributed by atoms with Gasteiger partial charge in [0.05, 0.1) is 25.4 Å². The van der Waals surface area contributed by atoms with Crippen molar-refractivity contribution >= 4 is 11.9 Å². The van der Waals surface area contributed by atoms with E-state index in [2.05, 4.69) is 31.3 Å². The number of carbonyl (C=O) groups is 2. The average Bonchev–Trinajstić information content (AvgIpc) is 3.33. The third-order valence-electron chi connectivity index (χ3n) is 14.0. The van der Waals surface area contributed by atoms with Gasteiger partial charge in [0.25, 0.3) is 0 Å². The number of rotatable bonds is 56. The van der Waals surface area contributed by atoms with Gasteiger partial charge in [-0.1, -0.05) is 282 Å². The Morgan fingerprint density at radius 3 is 1.06 bits per heavy atom. The summed E-state index contributed by atoms with van der Waals surface area (Å²) in [6, 6.07) is -0.639. The number of hydrogen-bond acceptors (Lipinski definition) is 5. The molecule has 0 fully saturated rings. The first-order chi connectivity index (χ1) is 33.0. The predicted molar refractivity (Wildman–Crippen MR) is 292 cm³/mol. The Morgan fingerprint density at radius 2 is 0.701 bits per heavy atom. The highest BCUT2D eigenvalue weighted by Crippen LogP contribution is 2.17. The van der Waals surface area contributed by atoms with Crippen LogP contribution in [0.5, 0.6) is 0 Å². The van der Waals surface area contributed by atoms with Crippen molar-refractivity contribution in [3.63, 3.8) is 0 Å². The largest absolute Gasteiger partial charge is 0.466 e. The lowest BCUT2D eigenvalue weighted by Gasteiger charge is -2.20. The van der Waals surface area contributed by atoms with Crippen molar-refractivity contribution in [1.29, 1.82) is 0 Å². The molecule has 3 N–H and O–H groups in total. The summed E-state index contributed by atoms with van der Waals surface area (Å²) in [5.74, 6) is -0.0824. The summed E-state index contributed by atoms with van der Waals surface area (Å²) >= 11 is 0. The van der Waals surface area contributed by atoms with Crippen molar-refractivity contribution < 1.29 is 24.5 Å². The van der Waals surface area contributed by atoms with Crippen LogP contribution >= 0.6 is 0 Å². The van der Waals surface area contributed by atoms with Gasteiger partial charge < -0.3 is 20.3 Å². The fourth-order valence-corrected chi connectivity index (χ4v) is 9.34. The lowest BCUT2D eigenvalue weighted by Crippen LogP contribution is -2.45. The molecule has 0 rings (SSSR count). The number of aliphatic hydroxyl groups excluding tert-OH is 2. The van der Waals surface area contributed by atoms with Crippen LogP contribution in [0.25, 0.3) is 0 Å². The highest BCUT2D eigenvalue weighted by Gasteiger charge is 2.18. The topological polar surface area (TPSA) is 95.9 Å². The minimum atomic E-state index is -0.854. The van der Waals surface area contributed by atoms with Crippen LogP contribution in [0.2, 0.25) is 0 Å². The highest BCUT2D eigenvalue weighted by atomic mass is 16.5. The lowest BCUT2D eigenvalue weighted by atomic mass is 10.0. The van der Waals surface area contributed by atoms with Crippen LogP contribution in [-0.2, 0) is 14.3 Å². The lowest BCUT2D eigenvalue weighted by molar-refractivity contribution is -0.143. The van der Waals surface area contributed by atoms with Gasteiger partial charge in [0, 0.05) is 12.8 Å². The first-order valence-electron chi connectivity index (χ1n) is 30.1. The number of amides is 1. The fraction of sp³-hybridized carbons (Fsp3) is 0.902. The molecule has 0 bridgehead atoms. The molecule has 0 aliphatic heterocycles. The molecule has 0 aliphatic rings. The second kappa shape index (κ2) is 56.9. The summed E-state index contributed by atoms with van der Waals surface area (Å²) in [5, 5.41) is 23.1. The molecule has 0 saturated carbocycles. The zero-order valence-electron chi connectivity index (χ0n) is 45.1. The Labute approximate surface area is 418 Å². The molecule has 1 amide bonds. The molecule has 0 spiro atoms. The van der Waals surface area contributed by atoms with Gasteiger partial charge in [-0.2, -0.15) is 0 Å². The van der Waals surface area contributed by atoms with E-state index in [9.17, 15) is 19.8 Å². The number of carbonyl (C=O) groups excluding carboxylic acids is 2. The Kier molecular flexibility index (Phi) is 55.5. The molecule has 6 nitrogen and oxygen atoms in total. The minimum Gasteiger partial charge on any atom is -0.466 e. The van der Waals surface area contributed by atoms with Crippen LogP contribution < -0.4 is 5.32 Å². The smallest absolute Gasteiger partial charge is 0.305 e. The van der Waals surface area contributed by atoms with Crippen LogP contribution in [0, 0.1) is 0 Å². The maximum atomic E-state index is 12.4. The zero-order chi connectivity index (χ0) is 48.6. The molecule has 6 heteroatoms. The monoisotopic (exact) mass is 944 g/mol. The van der Waals surface area contributed by atoms with E-state index in [1.165, 1.54) is 238 Å². The normalized spacial score (nSPS) is 12.7. The summed E-state index contributed by atoms with van der Waals surface area (Å²) in [7, 11) is 0. The van der Waals surface area contributed by atoms with E-state index in [0.717, 1.165) is 64.2 Å². The maximum absolute atomic E-state index is 12.4. The Balaban J connectivity index is 3.45. The van der Waals surface area contributed by atoms with E-state index in [4.69, 9.17) is 4.74 Å². The second-order valence-electron chi connectivity index (χ2n) is 20.7. The second-order valence-corrected chi connectivity index (χ2v) is 20.7. The van der Waals surface area contributed by atoms with Crippen molar-refractivity contribution in [3.8, 4) is 0 Å². The summed E-state index contributed by atoms with van der Waals surface area (Å²) in [6.07, 6.45) is 69.2. The third kappa shape index (κ3) is 53.5. The number of unbranched alkanes of at least 4 members (excludes halogenated alkanes) is 43. The van der Waals surface area contributed by atoms with Gasteiger partial charge in [-0.15, -0.1) is 0 Å². The van der Waals surface area contributed by atoms with Crippen LogP contribution in [0.1, 0.15) is 328 Å². The molecule has 2 atom stereocenters. The van der Waals surface area contributed by atoms with E-state index < -0.39 is 12.1 Å². The number of esters is 1. The van der Waals surface area contributed by atoms with Crippen LogP contribution in [0.4, 0.5) is 0 Å². The number of allylic oxidation sites excluding steroid dienone is 3. The molecule has 67 heavy (non-hydrogen) atoms. The molecule has 0 aromatic heterocycles. The van der Waals surface area contributed by atoms with Gasteiger partial charge >= 0.3 is 5.97 Å². The molecule has 0 radical (unpaired) electrons. The van der Waals surface area contributed by atoms with E-state index in [-0.39, 0.29) is 18.5 Å². The molecule has 0 aromatic rings. The van der Waals surface area contributed by atoms with Gasteiger partial charge in [-0.25, -0.2) is 0 Å². The predicted octanol–water partition coefficient (Wildman–Crippen LogP) is 18.6. The van der Waals surface area contributed by atoms with E-state index in [0.29, 0.717) is 19.4 Å². The van der Waals surface area contributed by atoms with Crippen molar-refractivity contribution in [2.45, 2.75) is 341 Å². The number of nitrogens with one attached hydrogen (secondary N) is 1. The maximum Gasteiger partial charge on any atom is 0.305 e. The summed E-state index contributed by atoms with van der Waals surface area (Å²) in [6.45, 7) is 4.90. The van der Waals surface area contributed by atoms with Crippen molar-refractivity contribution in [1.82, 2.24) is 5.32 Å².